The molecule has 1 unspecified atom stereocenters. The number of carboxylic acids is 1. The molecule has 9 heteroatoms. The maximum absolute atomic E-state index is 12.1. The summed E-state index contributed by atoms with van der Waals surface area (Å²) in [4.78, 5) is 45.6. The highest BCUT2D eigenvalue weighted by atomic mass is 32.2. The number of ether oxygens (including phenoxy) is 1. The largest absolute Gasteiger partial charge is 0.480 e. The van der Waals surface area contributed by atoms with Crippen molar-refractivity contribution in [2.45, 2.75) is 38.8 Å². The molecule has 0 heterocycles. The number of likely N-dealkylation sites (N-methyl/N-ethyl adjacent to an activating group) is 1. The van der Waals surface area contributed by atoms with Crippen LogP contribution in [-0.4, -0.2) is 78.1 Å². The molecular formula is C15H27N2O6S+. The van der Waals surface area contributed by atoms with Crippen LogP contribution in [0.15, 0.2) is 0 Å². The van der Waals surface area contributed by atoms with E-state index in [2.05, 4.69) is 5.32 Å². The average molecular weight is 363 g/mol. The number of esters is 1. The molecule has 0 aromatic heterocycles. The van der Waals surface area contributed by atoms with E-state index in [1.54, 1.807) is 6.92 Å². The molecular weight excluding hydrogens is 336 g/mol. The maximum atomic E-state index is 12.1. The molecule has 0 rings (SSSR count). The lowest BCUT2D eigenvalue weighted by Gasteiger charge is -2.28. The van der Waals surface area contributed by atoms with Crippen LogP contribution in [0.2, 0.25) is 0 Å². The summed E-state index contributed by atoms with van der Waals surface area (Å²) in [5.74, 6) is -2.14. The molecule has 0 radical (unpaired) electrons. The molecule has 2 N–H and O–H groups in total. The molecule has 0 aliphatic carbocycles. The van der Waals surface area contributed by atoms with Crippen LogP contribution in [0, 0.1) is 0 Å². The number of amides is 1. The van der Waals surface area contributed by atoms with E-state index in [0.29, 0.717) is 11.0 Å². The van der Waals surface area contributed by atoms with Gasteiger partial charge in [-0.25, -0.2) is 4.79 Å². The third-order valence-corrected chi connectivity index (χ3v) is 3.81. The molecule has 0 aliphatic heterocycles. The highest BCUT2D eigenvalue weighted by molar-refractivity contribution is 8.13. The van der Waals surface area contributed by atoms with Crippen molar-refractivity contribution < 1.29 is 33.5 Å². The molecule has 0 aliphatic rings. The third kappa shape index (κ3) is 11.0. The number of hydrogen-bond acceptors (Lipinski definition) is 6. The van der Waals surface area contributed by atoms with Gasteiger partial charge in [0.25, 0.3) is 0 Å². The van der Waals surface area contributed by atoms with Gasteiger partial charge in [-0.2, -0.15) is 0 Å². The van der Waals surface area contributed by atoms with Crippen LogP contribution < -0.4 is 5.32 Å². The van der Waals surface area contributed by atoms with Crippen molar-refractivity contribution in [2.24, 2.45) is 0 Å². The van der Waals surface area contributed by atoms with E-state index < -0.39 is 24.0 Å². The Bertz CT molecular complexity index is 475. The van der Waals surface area contributed by atoms with Gasteiger partial charge in [-0.15, -0.1) is 0 Å². The molecule has 0 saturated heterocycles. The van der Waals surface area contributed by atoms with E-state index in [1.165, 1.54) is 6.92 Å². The Kier molecular flexibility index (Phi) is 9.60. The van der Waals surface area contributed by atoms with Crippen molar-refractivity contribution in [2.75, 3.05) is 33.4 Å². The zero-order valence-electron chi connectivity index (χ0n) is 14.8. The van der Waals surface area contributed by atoms with Crippen LogP contribution in [0.4, 0.5) is 0 Å². The first-order chi connectivity index (χ1) is 10.9. The zero-order valence-corrected chi connectivity index (χ0v) is 15.6. The van der Waals surface area contributed by atoms with E-state index in [9.17, 15) is 19.2 Å². The van der Waals surface area contributed by atoms with Gasteiger partial charge in [0.05, 0.1) is 27.6 Å². The summed E-state index contributed by atoms with van der Waals surface area (Å²) < 4.78 is 5.81. The fourth-order valence-electron chi connectivity index (χ4n) is 1.86. The molecule has 0 bridgehead atoms. The Labute approximate surface area is 146 Å². The molecule has 2 atom stereocenters. The average Bonchev–Trinajstić information content (AvgIpc) is 2.40. The van der Waals surface area contributed by atoms with Crippen molar-refractivity contribution in [1.29, 1.82) is 0 Å². The van der Waals surface area contributed by atoms with Crippen molar-refractivity contribution >= 4 is 34.7 Å². The summed E-state index contributed by atoms with van der Waals surface area (Å²) in [6.07, 6.45) is -0.349. The number of carboxylic acid groups (broad SMARTS) is 1. The van der Waals surface area contributed by atoms with Crippen LogP contribution in [0.5, 0.6) is 0 Å². The summed E-state index contributed by atoms with van der Waals surface area (Å²) in [6.45, 7) is 3.35. The van der Waals surface area contributed by atoms with Gasteiger partial charge in [0.15, 0.2) is 11.2 Å². The van der Waals surface area contributed by atoms with Gasteiger partial charge in [-0.3, -0.25) is 14.4 Å². The number of aliphatic carboxylic acids is 1. The Hall–Kier alpha value is -1.61. The van der Waals surface area contributed by atoms with E-state index >= 15 is 0 Å². The van der Waals surface area contributed by atoms with Crippen molar-refractivity contribution in [1.82, 2.24) is 5.32 Å². The number of rotatable bonds is 10. The molecule has 0 aromatic carbocycles. The molecule has 138 valence electrons. The SMILES string of the molecule is CCC(=O)O[C@H](CC(=O)SCC(NC(C)=O)C(=O)O)C[N+](C)(C)C. The van der Waals surface area contributed by atoms with E-state index in [4.69, 9.17) is 9.84 Å². The summed E-state index contributed by atoms with van der Waals surface area (Å²) in [5, 5.41) is 11.0. The number of nitrogens with zero attached hydrogens (tertiary/aromatic N) is 1. The van der Waals surface area contributed by atoms with Gasteiger partial charge in [0.2, 0.25) is 5.91 Å². The van der Waals surface area contributed by atoms with Gasteiger partial charge in [-0.1, -0.05) is 18.7 Å². The summed E-state index contributed by atoms with van der Waals surface area (Å²) >= 11 is 0.811. The van der Waals surface area contributed by atoms with Crippen LogP contribution in [-0.2, 0) is 23.9 Å². The Morgan fingerprint density at radius 1 is 1.21 bits per heavy atom. The fourth-order valence-corrected chi connectivity index (χ4v) is 2.75. The second kappa shape index (κ2) is 10.3. The van der Waals surface area contributed by atoms with E-state index in [1.807, 2.05) is 21.1 Å². The minimum absolute atomic E-state index is 0.00165. The number of carbonyl (C=O) groups excluding carboxylic acids is 3. The monoisotopic (exact) mass is 363 g/mol. The van der Waals surface area contributed by atoms with Gasteiger partial charge in [-0.05, 0) is 0 Å². The van der Waals surface area contributed by atoms with Gasteiger partial charge in [0.1, 0.15) is 12.6 Å². The first kappa shape index (κ1) is 22.4. The van der Waals surface area contributed by atoms with Crippen LogP contribution >= 0.6 is 11.8 Å². The predicted octanol–water partition coefficient (Wildman–Crippen LogP) is 0.254. The Morgan fingerprint density at radius 2 is 1.79 bits per heavy atom. The zero-order chi connectivity index (χ0) is 18.9. The van der Waals surface area contributed by atoms with Gasteiger partial charge in [0, 0.05) is 19.1 Å². The molecule has 8 nitrogen and oxygen atoms in total. The van der Waals surface area contributed by atoms with Crippen molar-refractivity contribution in [3.8, 4) is 0 Å². The summed E-state index contributed by atoms with van der Waals surface area (Å²) in [7, 11) is 5.75. The smallest absolute Gasteiger partial charge is 0.327 e. The lowest BCUT2D eigenvalue weighted by Crippen LogP contribution is -2.44. The Morgan fingerprint density at radius 3 is 2.21 bits per heavy atom. The number of carbonyl (C=O) groups is 4. The molecule has 0 fully saturated rings. The maximum Gasteiger partial charge on any atom is 0.327 e. The topological polar surface area (TPSA) is 110 Å². The standard InChI is InChI=1S/C15H26N2O6S/c1-6-13(19)23-11(8-17(3,4)5)7-14(20)24-9-12(15(21)22)16-10(2)18/h11-12H,6-9H2,1-5H3,(H-,16,18,21,22)/p+1/t11-,12?/m1/s1. The number of nitrogens with one attached hydrogen (secondary N) is 1. The molecule has 0 aromatic rings. The normalized spacial score (nSPS) is 13.7. The molecule has 1 amide bonds. The predicted molar refractivity (Wildman–Crippen MR) is 90.4 cm³/mol. The lowest BCUT2D eigenvalue weighted by atomic mass is 10.2. The first-order valence-electron chi connectivity index (χ1n) is 7.60. The van der Waals surface area contributed by atoms with Crippen molar-refractivity contribution in [3.63, 3.8) is 0 Å². The number of quaternary nitrogens is 1. The fraction of sp³-hybridized carbons (Fsp3) is 0.733. The van der Waals surface area contributed by atoms with Crippen molar-refractivity contribution in [3.05, 3.63) is 0 Å². The highest BCUT2D eigenvalue weighted by Gasteiger charge is 2.26. The first-order valence-corrected chi connectivity index (χ1v) is 8.58. The molecule has 0 saturated carbocycles. The minimum Gasteiger partial charge on any atom is -0.480 e. The van der Waals surface area contributed by atoms with E-state index in [-0.39, 0.29) is 29.7 Å². The van der Waals surface area contributed by atoms with E-state index in [0.717, 1.165) is 11.8 Å². The van der Waals surface area contributed by atoms with Crippen LogP contribution in [0.1, 0.15) is 26.7 Å². The molecule has 0 spiro atoms. The second-order valence-corrected chi connectivity index (χ2v) is 7.49. The number of hydrogen-bond donors (Lipinski definition) is 2. The van der Waals surface area contributed by atoms with Gasteiger partial charge >= 0.3 is 11.9 Å². The van der Waals surface area contributed by atoms with Gasteiger partial charge < -0.3 is 19.6 Å². The quantitative estimate of drug-likeness (QED) is 0.423. The minimum atomic E-state index is -1.20. The van der Waals surface area contributed by atoms with Crippen LogP contribution in [0.25, 0.3) is 0 Å². The van der Waals surface area contributed by atoms with Crippen LogP contribution in [0.3, 0.4) is 0 Å². The second-order valence-electron chi connectivity index (χ2n) is 6.42. The summed E-state index contributed by atoms with van der Waals surface area (Å²) in [6, 6.07) is -1.13. The summed E-state index contributed by atoms with van der Waals surface area (Å²) in [5.41, 5.74) is 0. The lowest BCUT2D eigenvalue weighted by molar-refractivity contribution is -0.873. The third-order valence-electron chi connectivity index (χ3n) is 2.82. The highest BCUT2D eigenvalue weighted by Crippen LogP contribution is 2.14. The number of thioether (sulfide) groups is 1. The Balaban J connectivity index is 4.66. The molecule has 24 heavy (non-hydrogen) atoms.